The molecule has 1 unspecified atom stereocenters. The maximum atomic E-state index is 13.0. The molecule has 1 atom stereocenters. The lowest BCUT2D eigenvalue weighted by Gasteiger charge is -2.25. The summed E-state index contributed by atoms with van der Waals surface area (Å²) in [5.41, 5.74) is 4.23. The first-order valence-corrected chi connectivity index (χ1v) is 8.26. The Hall–Kier alpha value is -2.10. The maximum absolute atomic E-state index is 13.0. The lowest BCUT2D eigenvalue weighted by atomic mass is 9.95. The monoisotopic (exact) mass is 295 g/mol. The fourth-order valence-electron chi connectivity index (χ4n) is 3.83. The van der Waals surface area contributed by atoms with Gasteiger partial charge in [-0.1, -0.05) is 30.3 Å². The summed E-state index contributed by atoms with van der Waals surface area (Å²) in [4.78, 5) is 15.0. The van der Waals surface area contributed by atoms with Crippen molar-refractivity contribution in [3.05, 3.63) is 52.8 Å². The zero-order chi connectivity index (χ0) is 14.9. The van der Waals surface area contributed by atoms with Crippen LogP contribution in [0.25, 0.3) is 0 Å². The summed E-state index contributed by atoms with van der Waals surface area (Å²) < 4.78 is 0. The summed E-state index contributed by atoms with van der Waals surface area (Å²) >= 11 is 0. The Labute approximate surface area is 130 Å². The predicted octanol–water partition coefficient (Wildman–Crippen LogP) is 3.27. The molecule has 2 aliphatic rings. The number of amides is 1. The lowest BCUT2D eigenvalue weighted by molar-refractivity contribution is 0.0728. The predicted molar refractivity (Wildman–Crippen MR) is 84.7 cm³/mol. The molecule has 1 fully saturated rings. The largest absolute Gasteiger partial charge is 0.330 e. The van der Waals surface area contributed by atoms with Gasteiger partial charge >= 0.3 is 0 Å². The Morgan fingerprint density at radius 2 is 1.95 bits per heavy atom. The number of aryl methyl sites for hydroxylation is 1. The van der Waals surface area contributed by atoms with Gasteiger partial charge in [-0.2, -0.15) is 5.10 Å². The first kappa shape index (κ1) is 13.6. The van der Waals surface area contributed by atoms with E-state index in [-0.39, 0.29) is 11.9 Å². The Bertz CT molecular complexity index is 677. The molecular weight excluding hydrogens is 274 g/mol. The molecule has 1 aromatic carbocycles. The molecule has 1 amide bonds. The molecule has 0 bridgehead atoms. The van der Waals surface area contributed by atoms with Gasteiger partial charge < -0.3 is 4.90 Å². The molecule has 1 aliphatic heterocycles. The van der Waals surface area contributed by atoms with Crippen molar-refractivity contribution in [1.29, 1.82) is 0 Å². The van der Waals surface area contributed by atoms with Crippen molar-refractivity contribution in [2.24, 2.45) is 0 Å². The Morgan fingerprint density at radius 1 is 1.14 bits per heavy atom. The van der Waals surface area contributed by atoms with Crippen molar-refractivity contribution in [3.8, 4) is 0 Å². The van der Waals surface area contributed by atoms with Gasteiger partial charge in [0.15, 0.2) is 5.69 Å². The van der Waals surface area contributed by atoms with Crippen LogP contribution in [0.5, 0.6) is 0 Å². The zero-order valence-electron chi connectivity index (χ0n) is 12.7. The van der Waals surface area contributed by atoms with Gasteiger partial charge in [-0.25, -0.2) is 0 Å². The van der Waals surface area contributed by atoms with E-state index >= 15 is 0 Å². The topological polar surface area (TPSA) is 49.0 Å². The van der Waals surface area contributed by atoms with Gasteiger partial charge in [0.25, 0.3) is 5.91 Å². The first-order chi connectivity index (χ1) is 10.8. The van der Waals surface area contributed by atoms with Crippen LogP contribution in [0, 0.1) is 0 Å². The summed E-state index contributed by atoms with van der Waals surface area (Å²) in [6.07, 6.45) is 6.48. The highest BCUT2D eigenvalue weighted by Gasteiger charge is 2.33. The number of carbonyl (C=O) groups excluding carboxylic acids is 1. The van der Waals surface area contributed by atoms with Crippen LogP contribution in [0.3, 0.4) is 0 Å². The van der Waals surface area contributed by atoms with E-state index in [1.807, 2.05) is 23.1 Å². The second kappa shape index (κ2) is 5.59. The van der Waals surface area contributed by atoms with Gasteiger partial charge in [-0.3, -0.25) is 9.89 Å². The number of carbonyl (C=O) groups is 1. The van der Waals surface area contributed by atoms with Crippen LogP contribution in [0.1, 0.15) is 59.0 Å². The molecule has 1 N–H and O–H groups in total. The Kier molecular flexibility index (Phi) is 3.45. The van der Waals surface area contributed by atoms with Gasteiger partial charge in [0.2, 0.25) is 0 Å². The number of benzene rings is 1. The van der Waals surface area contributed by atoms with E-state index in [1.54, 1.807) is 0 Å². The molecule has 0 saturated carbocycles. The molecule has 2 heterocycles. The van der Waals surface area contributed by atoms with Gasteiger partial charge in [0.05, 0.1) is 6.04 Å². The summed E-state index contributed by atoms with van der Waals surface area (Å²) in [5, 5.41) is 7.44. The van der Waals surface area contributed by atoms with Crippen LogP contribution in [0.15, 0.2) is 30.3 Å². The highest BCUT2D eigenvalue weighted by molar-refractivity contribution is 5.94. The summed E-state index contributed by atoms with van der Waals surface area (Å²) in [5.74, 6) is 0.103. The standard InChI is InChI=1S/C18H21N3O/c22-18(17-14-9-4-5-10-15(14)19-20-17)21-12-6-11-16(21)13-7-2-1-3-8-13/h1-3,7-8,16H,4-6,9-12H2,(H,19,20). The quantitative estimate of drug-likeness (QED) is 0.924. The maximum Gasteiger partial charge on any atom is 0.275 e. The van der Waals surface area contributed by atoms with Crippen LogP contribution in [0.4, 0.5) is 0 Å². The summed E-state index contributed by atoms with van der Waals surface area (Å²) in [6, 6.07) is 10.6. The van der Waals surface area contributed by atoms with Gasteiger partial charge in [-0.05, 0) is 44.1 Å². The SMILES string of the molecule is O=C(c1n[nH]c2c1CCCC2)N1CCCC1c1ccccc1. The molecule has 1 saturated heterocycles. The number of likely N-dealkylation sites (tertiary alicyclic amines) is 1. The highest BCUT2D eigenvalue weighted by atomic mass is 16.2. The van der Waals surface area contributed by atoms with E-state index in [1.165, 1.54) is 17.7 Å². The molecule has 1 aromatic heterocycles. The third-order valence-electron chi connectivity index (χ3n) is 4.96. The van der Waals surface area contributed by atoms with Crippen molar-refractivity contribution in [3.63, 3.8) is 0 Å². The minimum atomic E-state index is 0.103. The number of nitrogens with one attached hydrogen (secondary N) is 1. The normalized spacial score (nSPS) is 20.9. The van der Waals surface area contributed by atoms with E-state index in [4.69, 9.17) is 0 Å². The van der Waals surface area contributed by atoms with Crippen LogP contribution >= 0.6 is 0 Å². The second-order valence-corrected chi connectivity index (χ2v) is 6.30. The third kappa shape index (κ3) is 2.23. The molecular formula is C18H21N3O. The third-order valence-corrected chi connectivity index (χ3v) is 4.96. The average Bonchev–Trinajstić information content (AvgIpc) is 3.22. The number of hydrogen-bond acceptors (Lipinski definition) is 2. The van der Waals surface area contributed by atoms with Crippen molar-refractivity contribution < 1.29 is 4.79 Å². The minimum Gasteiger partial charge on any atom is -0.330 e. The highest BCUT2D eigenvalue weighted by Crippen LogP contribution is 2.34. The molecule has 0 spiro atoms. The molecule has 22 heavy (non-hydrogen) atoms. The number of fused-ring (bicyclic) bond motifs is 1. The Balaban J connectivity index is 1.63. The summed E-state index contributed by atoms with van der Waals surface area (Å²) in [6.45, 7) is 0.833. The van der Waals surface area contributed by atoms with Crippen LogP contribution < -0.4 is 0 Å². The molecule has 0 radical (unpaired) electrons. The fourth-order valence-corrected chi connectivity index (χ4v) is 3.83. The molecule has 2 aromatic rings. The molecule has 4 rings (SSSR count). The average molecular weight is 295 g/mol. The Morgan fingerprint density at radius 3 is 2.82 bits per heavy atom. The molecule has 114 valence electrons. The van der Waals surface area contributed by atoms with E-state index in [9.17, 15) is 4.79 Å². The first-order valence-electron chi connectivity index (χ1n) is 8.26. The van der Waals surface area contributed by atoms with E-state index < -0.39 is 0 Å². The van der Waals surface area contributed by atoms with Gasteiger partial charge in [0, 0.05) is 17.8 Å². The molecule has 1 aliphatic carbocycles. The number of aromatic nitrogens is 2. The van der Waals surface area contributed by atoms with Crippen LogP contribution in [-0.2, 0) is 12.8 Å². The fraction of sp³-hybridized carbons (Fsp3) is 0.444. The van der Waals surface area contributed by atoms with Gasteiger partial charge in [-0.15, -0.1) is 0 Å². The van der Waals surface area contributed by atoms with Gasteiger partial charge in [0.1, 0.15) is 0 Å². The minimum absolute atomic E-state index is 0.103. The number of rotatable bonds is 2. The van der Waals surface area contributed by atoms with E-state index in [2.05, 4.69) is 22.3 Å². The number of hydrogen-bond donors (Lipinski definition) is 1. The van der Waals surface area contributed by atoms with Crippen molar-refractivity contribution in [2.45, 2.75) is 44.6 Å². The lowest BCUT2D eigenvalue weighted by Crippen LogP contribution is -2.31. The van der Waals surface area contributed by atoms with E-state index in [0.29, 0.717) is 5.69 Å². The molecule has 4 nitrogen and oxygen atoms in total. The number of aromatic amines is 1. The smallest absolute Gasteiger partial charge is 0.275 e. The van der Waals surface area contributed by atoms with Crippen LogP contribution in [-0.4, -0.2) is 27.5 Å². The van der Waals surface area contributed by atoms with Crippen molar-refractivity contribution >= 4 is 5.91 Å². The van der Waals surface area contributed by atoms with Crippen molar-refractivity contribution in [2.75, 3.05) is 6.54 Å². The van der Waals surface area contributed by atoms with Crippen molar-refractivity contribution in [1.82, 2.24) is 15.1 Å². The second-order valence-electron chi connectivity index (χ2n) is 6.30. The molecule has 4 heteroatoms. The van der Waals surface area contributed by atoms with Crippen LogP contribution in [0.2, 0.25) is 0 Å². The number of H-pyrrole nitrogens is 1. The number of nitrogens with zero attached hydrogens (tertiary/aromatic N) is 2. The zero-order valence-corrected chi connectivity index (χ0v) is 12.7. The van der Waals surface area contributed by atoms with E-state index in [0.717, 1.165) is 44.2 Å². The summed E-state index contributed by atoms with van der Waals surface area (Å²) in [7, 11) is 0.